The molecule has 0 atom stereocenters. The van der Waals surface area contributed by atoms with Crippen molar-refractivity contribution in [2.45, 2.75) is 0 Å². The van der Waals surface area contributed by atoms with Crippen LogP contribution in [-0.2, 0) is 4.79 Å². The molecule has 38 heavy (non-hydrogen) atoms. The Hall–Kier alpha value is -4.31. The molecule has 2 aromatic carbocycles. The summed E-state index contributed by atoms with van der Waals surface area (Å²) in [4.78, 5) is 42.5. The molecule has 1 N–H and O–H groups in total. The Kier molecular flexibility index (Phi) is 7.32. The summed E-state index contributed by atoms with van der Waals surface area (Å²) in [6, 6.07) is 16.4. The maximum Gasteiger partial charge on any atom is 0.288 e. The van der Waals surface area contributed by atoms with E-state index in [1.54, 1.807) is 53.4 Å². The number of fused-ring (bicyclic) bond motifs is 1. The Morgan fingerprint density at radius 1 is 0.947 bits per heavy atom. The number of benzene rings is 2. The minimum Gasteiger partial charge on any atom is -0.484 e. The van der Waals surface area contributed by atoms with Crippen molar-refractivity contribution in [1.82, 2.24) is 25.2 Å². The van der Waals surface area contributed by atoms with E-state index in [9.17, 15) is 14.0 Å². The van der Waals surface area contributed by atoms with Crippen molar-refractivity contribution in [2.75, 3.05) is 44.7 Å². The Morgan fingerprint density at radius 3 is 2.34 bits per heavy atom. The predicted molar refractivity (Wildman–Crippen MR) is 142 cm³/mol. The molecule has 1 aliphatic heterocycles. The van der Waals surface area contributed by atoms with E-state index < -0.39 is 5.91 Å². The summed E-state index contributed by atoms with van der Waals surface area (Å²) >= 11 is 5.89. The zero-order chi connectivity index (χ0) is 26.6. The van der Waals surface area contributed by atoms with E-state index in [4.69, 9.17) is 21.3 Å². The molecule has 9 nitrogen and oxygen atoms in total. The third-order valence-electron chi connectivity index (χ3n) is 6.20. The second kappa shape index (κ2) is 11.0. The Labute approximate surface area is 223 Å². The van der Waals surface area contributed by atoms with Gasteiger partial charge >= 0.3 is 0 Å². The van der Waals surface area contributed by atoms with Crippen LogP contribution in [0.15, 0.2) is 60.7 Å². The summed E-state index contributed by atoms with van der Waals surface area (Å²) < 4.78 is 19.0. The number of amides is 2. The summed E-state index contributed by atoms with van der Waals surface area (Å²) in [7, 11) is 1.52. The van der Waals surface area contributed by atoms with E-state index in [1.165, 1.54) is 19.2 Å². The minimum atomic E-state index is -0.413. The molecule has 3 heterocycles. The van der Waals surface area contributed by atoms with E-state index in [2.05, 4.69) is 15.3 Å². The lowest BCUT2D eigenvalue weighted by atomic mass is 10.1. The number of carbonyl (C=O) groups is 2. The number of ether oxygens (including phenoxy) is 1. The number of carbonyl (C=O) groups excluding carboxylic acids is 2. The Balaban J connectivity index is 1.36. The molecule has 0 spiro atoms. The van der Waals surface area contributed by atoms with Crippen LogP contribution in [0.3, 0.4) is 0 Å². The molecule has 194 valence electrons. The monoisotopic (exact) mass is 534 g/mol. The number of piperazine rings is 1. The van der Waals surface area contributed by atoms with Gasteiger partial charge in [-0.05, 0) is 60.7 Å². The molecule has 1 aliphatic rings. The highest BCUT2D eigenvalue weighted by atomic mass is 35.5. The number of pyridine rings is 1. The van der Waals surface area contributed by atoms with Crippen LogP contribution in [0.1, 0.15) is 10.6 Å². The van der Waals surface area contributed by atoms with Gasteiger partial charge in [-0.1, -0.05) is 11.6 Å². The van der Waals surface area contributed by atoms with E-state index in [-0.39, 0.29) is 24.2 Å². The second-order valence-electron chi connectivity index (χ2n) is 8.63. The maximum absolute atomic E-state index is 13.4. The summed E-state index contributed by atoms with van der Waals surface area (Å²) in [5.41, 5.74) is 2.40. The van der Waals surface area contributed by atoms with Crippen molar-refractivity contribution in [3.63, 3.8) is 0 Å². The van der Waals surface area contributed by atoms with Crippen LogP contribution in [0.4, 0.5) is 10.2 Å². The van der Waals surface area contributed by atoms with E-state index in [1.807, 2.05) is 4.90 Å². The normalized spacial score (nSPS) is 13.4. The lowest BCUT2D eigenvalue weighted by Gasteiger charge is -2.35. The largest absolute Gasteiger partial charge is 0.484 e. The molecule has 0 radical (unpaired) electrons. The molecule has 4 aromatic rings. The van der Waals surface area contributed by atoms with Gasteiger partial charge in [0.25, 0.3) is 11.8 Å². The number of rotatable bonds is 6. The highest BCUT2D eigenvalue weighted by Crippen LogP contribution is 2.27. The first-order valence-electron chi connectivity index (χ1n) is 12.0. The van der Waals surface area contributed by atoms with Crippen LogP contribution in [0, 0.1) is 5.82 Å². The molecule has 5 rings (SSSR count). The van der Waals surface area contributed by atoms with Crippen molar-refractivity contribution in [3.8, 4) is 17.0 Å². The lowest BCUT2D eigenvalue weighted by molar-refractivity contribution is -0.133. The van der Waals surface area contributed by atoms with Crippen LogP contribution >= 0.6 is 11.6 Å². The average Bonchev–Trinajstić information content (AvgIpc) is 2.96. The first-order chi connectivity index (χ1) is 18.4. The molecule has 0 aliphatic carbocycles. The highest BCUT2D eigenvalue weighted by Gasteiger charge is 2.25. The zero-order valence-electron chi connectivity index (χ0n) is 20.5. The second-order valence-corrected chi connectivity index (χ2v) is 9.07. The van der Waals surface area contributed by atoms with Crippen LogP contribution in [-0.4, -0.2) is 71.5 Å². The fraction of sp³-hybridized carbons (Fsp3) is 0.222. The van der Waals surface area contributed by atoms with Crippen LogP contribution < -0.4 is 15.0 Å². The fourth-order valence-electron chi connectivity index (χ4n) is 4.15. The summed E-state index contributed by atoms with van der Waals surface area (Å²) in [5, 5.41) is 3.15. The molecule has 2 amide bonds. The number of halogens is 2. The third-order valence-corrected chi connectivity index (χ3v) is 6.45. The summed E-state index contributed by atoms with van der Waals surface area (Å²) in [6.45, 7) is 1.77. The smallest absolute Gasteiger partial charge is 0.288 e. The SMILES string of the molecule is CNC(=O)c1nc(N2CCN(C(=O)COc3ccc(Cl)cc3)CC2)c2nc(-c3ccc(F)cc3)ccc2n1. The standard InChI is InChI=1S/C27H24ClFN6O3/c1-30-27(37)25-32-22-11-10-21(17-2-6-19(29)7-3-17)31-24(22)26(33-25)35-14-12-34(13-15-35)23(36)16-38-20-8-4-18(28)5-9-20/h2-11H,12-16H2,1H3,(H,30,37). The van der Waals surface area contributed by atoms with Gasteiger partial charge in [-0.15, -0.1) is 0 Å². The highest BCUT2D eigenvalue weighted by molar-refractivity contribution is 6.30. The van der Waals surface area contributed by atoms with E-state index in [0.717, 1.165) is 5.56 Å². The van der Waals surface area contributed by atoms with Crippen molar-refractivity contribution in [3.05, 3.63) is 77.3 Å². The minimum absolute atomic E-state index is 0.0289. The van der Waals surface area contributed by atoms with Crippen molar-refractivity contribution in [2.24, 2.45) is 0 Å². The van der Waals surface area contributed by atoms with Crippen LogP contribution in [0.2, 0.25) is 5.02 Å². The quantitative estimate of drug-likeness (QED) is 0.403. The summed E-state index contributed by atoms with van der Waals surface area (Å²) in [5.74, 6) is 0.223. The van der Waals surface area contributed by atoms with E-state index in [0.29, 0.717) is 59.5 Å². The third kappa shape index (κ3) is 5.50. The molecule has 1 saturated heterocycles. The predicted octanol–water partition coefficient (Wildman–Crippen LogP) is 3.57. The molecule has 11 heteroatoms. The number of aromatic nitrogens is 3. The number of hydrogen-bond donors (Lipinski definition) is 1. The van der Waals surface area contributed by atoms with Gasteiger partial charge in [0.05, 0.1) is 11.2 Å². The summed E-state index contributed by atoms with van der Waals surface area (Å²) in [6.07, 6.45) is 0. The lowest BCUT2D eigenvalue weighted by Crippen LogP contribution is -2.50. The zero-order valence-corrected chi connectivity index (χ0v) is 21.3. The van der Waals surface area contributed by atoms with Gasteiger partial charge in [0.1, 0.15) is 17.1 Å². The molecule has 0 saturated carbocycles. The van der Waals surface area contributed by atoms with Gasteiger partial charge in [-0.3, -0.25) is 9.59 Å². The molecule has 2 aromatic heterocycles. The first kappa shape index (κ1) is 25.3. The maximum atomic E-state index is 13.4. The molecule has 0 unspecified atom stereocenters. The number of anilines is 1. The van der Waals surface area contributed by atoms with Gasteiger partial charge < -0.3 is 19.9 Å². The van der Waals surface area contributed by atoms with Crippen molar-refractivity contribution < 1.29 is 18.7 Å². The van der Waals surface area contributed by atoms with Crippen molar-refractivity contribution >= 4 is 40.3 Å². The Morgan fingerprint density at radius 2 is 1.66 bits per heavy atom. The fourth-order valence-corrected chi connectivity index (χ4v) is 4.27. The molecule has 1 fully saturated rings. The van der Waals surface area contributed by atoms with Crippen molar-refractivity contribution in [1.29, 1.82) is 0 Å². The van der Waals surface area contributed by atoms with Gasteiger partial charge in [0.15, 0.2) is 12.4 Å². The van der Waals surface area contributed by atoms with E-state index >= 15 is 0 Å². The van der Waals surface area contributed by atoms with Crippen LogP contribution in [0.5, 0.6) is 5.75 Å². The Bertz CT molecular complexity index is 1480. The van der Waals surface area contributed by atoms with Gasteiger partial charge in [0.2, 0.25) is 5.82 Å². The van der Waals surface area contributed by atoms with Crippen LogP contribution in [0.25, 0.3) is 22.3 Å². The van der Waals surface area contributed by atoms with Gasteiger partial charge in [-0.2, -0.15) is 0 Å². The topological polar surface area (TPSA) is 101 Å². The number of nitrogens with zero attached hydrogens (tertiary/aromatic N) is 5. The molecular weight excluding hydrogens is 511 g/mol. The average molecular weight is 535 g/mol. The van der Waals surface area contributed by atoms with Gasteiger partial charge in [-0.25, -0.2) is 19.3 Å². The number of hydrogen-bond acceptors (Lipinski definition) is 7. The first-order valence-corrected chi connectivity index (χ1v) is 12.4. The number of nitrogens with one attached hydrogen (secondary N) is 1. The van der Waals surface area contributed by atoms with Gasteiger partial charge in [0, 0.05) is 43.8 Å². The molecule has 0 bridgehead atoms. The molecular formula is C27H24ClFN6O3.